The first-order chi connectivity index (χ1) is 0. The molecular weight excluding hydrogens is 188 g/mol. The van der Waals surface area contributed by atoms with Crippen LogP contribution in [0.2, 0.25) is 0 Å². The van der Waals surface area contributed by atoms with Crippen LogP contribution in [-0.4, -0.2) is 0 Å². The molecule has 0 spiro atoms. The molecule has 0 aliphatic rings. The minimum Gasteiger partial charge on any atom is -1.00 e. The standard InChI is InChI=1S/4ClH.2Na.2H/h4*1H;;;;/q;;;;2*+1;2*-1. The largest absolute Gasteiger partial charge is 1.00 e. The van der Waals surface area contributed by atoms with E-state index in [0.717, 1.165) is 0 Å². The summed E-state index contributed by atoms with van der Waals surface area (Å²) < 4.78 is 0. The molecule has 0 aliphatic heterocycles. The van der Waals surface area contributed by atoms with Gasteiger partial charge in [-0.1, -0.05) is 0 Å². The molecule has 6 heteroatoms. The van der Waals surface area contributed by atoms with Crippen LogP contribution < -0.4 is 59.1 Å². The zero-order chi connectivity index (χ0) is 0. The van der Waals surface area contributed by atoms with E-state index >= 15 is 0 Å². The van der Waals surface area contributed by atoms with E-state index in [1.807, 2.05) is 0 Å². The van der Waals surface area contributed by atoms with Gasteiger partial charge in [0.2, 0.25) is 0 Å². The van der Waals surface area contributed by atoms with Gasteiger partial charge in [-0.2, -0.15) is 0 Å². The number of rotatable bonds is 0. The summed E-state index contributed by atoms with van der Waals surface area (Å²) in [6.45, 7) is 0. The van der Waals surface area contributed by atoms with E-state index < -0.39 is 0 Å². The van der Waals surface area contributed by atoms with Gasteiger partial charge >= 0.3 is 59.1 Å². The third kappa shape index (κ3) is 27.2. The van der Waals surface area contributed by atoms with Crippen LogP contribution in [0, 0.1) is 0 Å². The molecule has 0 saturated heterocycles. The summed E-state index contributed by atoms with van der Waals surface area (Å²) in [4.78, 5) is 0. The van der Waals surface area contributed by atoms with Crippen molar-refractivity contribution < 1.29 is 62.0 Å². The summed E-state index contributed by atoms with van der Waals surface area (Å²) in [6, 6.07) is 0. The van der Waals surface area contributed by atoms with E-state index in [9.17, 15) is 0 Å². The predicted molar refractivity (Wildman–Crippen MR) is 31.2 cm³/mol. The molecule has 6 heavy (non-hydrogen) atoms. The molecule has 0 aromatic heterocycles. The van der Waals surface area contributed by atoms with Gasteiger partial charge in [0.05, 0.1) is 0 Å². The number of hydrogen-bond acceptors (Lipinski definition) is 0. The Kier molecular flexibility index (Phi) is 426. The van der Waals surface area contributed by atoms with Crippen molar-refractivity contribution in [2.24, 2.45) is 0 Å². The summed E-state index contributed by atoms with van der Waals surface area (Å²) >= 11 is 0. The van der Waals surface area contributed by atoms with Crippen LogP contribution in [-0.2, 0) is 0 Å². The van der Waals surface area contributed by atoms with Gasteiger partial charge in [-0.25, -0.2) is 0 Å². The van der Waals surface area contributed by atoms with E-state index in [4.69, 9.17) is 0 Å². The van der Waals surface area contributed by atoms with E-state index in [2.05, 4.69) is 0 Å². The van der Waals surface area contributed by atoms with E-state index in [0.29, 0.717) is 0 Å². The minimum atomic E-state index is 0. The van der Waals surface area contributed by atoms with Crippen LogP contribution in [0.4, 0.5) is 0 Å². The van der Waals surface area contributed by atoms with Crippen molar-refractivity contribution in [1.82, 2.24) is 0 Å². The number of halogens is 4. The van der Waals surface area contributed by atoms with Gasteiger partial charge in [0.25, 0.3) is 0 Å². The molecule has 0 unspecified atom stereocenters. The maximum Gasteiger partial charge on any atom is 1.00 e. The molecule has 0 aromatic carbocycles. The number of hydrogen-bond donors (Lipinski definition) is 0. The molecular formula is H6Cl4Na2. The van der Waals surface area contributed by atoms with Gasteiger partial charge in [0.15, 0.2) is 0 Å². The van der Waals surface area contributed by atoms with Gasteiger partial charge in [-0.3, -0.25) is 0 Å². The van der Waals surface area contributed by atoms with Crippen LogP contribution in [0.3, 0.4) is 0 Å². The fraction of sp³-hybridized carbons (Fsp3) is 0. The SMILES string of the molecule is Cl.Cl.Cl.Cl.[H-].[H-].[Na+].[Na+]. The van der Waals surface area contributed by atoms with Gasteiger partial charge < -0.3 is 2.85 Å². The fourth-order valence-corrected chi connectivity index (χ4v) is 0. The van der Waals surface area contributed by atoms with Crippen LogP contribution >= 0.6 is 49.6 Å². The smallest absolute Gasteiger partial charge is 1.00 e. The van der Waals surface area contributed by atoms with Gasteiger partial charge in [-0.05, 0) is 0 Å². The molecule has 0 radical (unpaired) electrons. The Morgan fingerprint density at radius 1 is 0.500 bits per heavy atom. The molecule has 0 fully saturated rings. The van der Waals surface area contributed by atoms with Gasteiger partial charge in [-0.15, -0.1) is 49.6 Å². The maximum atomic E-state index is 0. The molecule has 0 aliphatic carbocycles. The molecule has 0 bridgehead atoms. The van der Waals surface area contributed by atoms with Crippen LogP contribution in [0.15, 0.2) is 0 Å². The molecule has 0 rings (SSSR count). The third-order valence-corrected chi connectivity index (χ3v) is 0. The topological polar surface area (TPSA) is 0 Å². The molecule has 36 valence electrons. The van der Waals surface area contributed by atoms with Crippen molar-refractivity contribution in [2.45, 2.75) is 0 Å². The summed E-state index contributed by atoms with van der Waals surface area (Å²) in [6.07, 6.45) is 0. The quantitative estimate of drug-likeness (QED) is 0.344. The zero-order valence-corrected chi connectivity index (χ0v) is 10.9. The second-order valence-corrected chi connectivity index (χ2v) is 0. The van der Waals surface area contributed by atoms with Crippen molar-refractivity contribution in [1.29, 1.82) is 0 Å². The molecule has 0 saturated carbocycles. The second kappa shape index (κ2) is 41.9. The van der Waals surface area contributed by atoms with Gasteiger partial charge in [0.1, 0.15) is 0 Å². The summed E-state index contributed by atoms with van der Waals surface area (Å²) in [5.74, 6) is 0. The molecule has 0 aromatic rings. The molecule has 0 amide bonds. The summed E-state index contributed by atoms with van der Waals surface area (Å²) in [5, 5.41) is 0. The Hall–Kier alpha value is 3.16. The molecule has 0 nitrogen and oxygen atoms in total. The van der Waals surface area contributed by atoms with Gasteiger partial charge in [0, 0.05) is 0 Å². The fourth-order valence-electron chi connectivity index (χ4n) is 0. The van der Waals surface area contributed by atoms with E-state index in [-0.39, 0.29) is 112 Å². The Balaban J connectivity index is 0. The molecule has 0 heterocycles. The van der Waals surface area contributed by atoms with Crippen LogP contribution in [0.1, 0.15) is 2.85 Å². The molecule has 0 N–H and O–H groups in total. The van der Waals surface area contributed by atoms with Crippen LogP contribution in [0.5, 0.6) is 0 Å². The Morgan fingerprint density at radius 2 is 0.500 bits per heavy atom. The average Bonchev–Trinajstić information content (AvgIpc) is 0. The van der Waals surface area contributed by atoms with Crippen LogP contribution in [0.25, 0.3) is 0 Å². The van der Waals surface area contributed by atoms with E-state index in [1.165, 1.54) is 0 Å². The second-order valence-electron chi connectivity index (χ2n) is 0. The first-order valence-corrected chi connectivity index (χ1v) is 0. The minimum absolute atomic E-state index is 0. The van der Waals surface area contributed by atoms with E-state index in [1.54, 1.807) is 0 Å². The van der Waals surface area contributed by atoms with Crippen molar-refractivity contribution in [3.63, 3.8) is 0 Å². The molecule has 0 atom stereocenters. The Labute approximate surface area is 110 Å². The average molecular weight is 194 g/mol. The summed E-state index contributed by atoms with van der Waals surface area (Å²) in [7, 11) is 0. The normalized spacial score (nSPS) is 0. The van der Waals surface area contributed by atoms with Crippen molar-refractivity contribution in [3.8, 4) is 0 Å². The van der Waals surface area contributed by atoms with Crippen molar-refractivity contribution >= 4 is 49.6 Å². The monoisotopic (exact) mass is 192 g/mol. The Bertz CT molecular complexity index is 12.0. The zero-order valence-electron chi connectivity index (χ0n) is 5.63. The first-order valence-electron chi connectivity index (χ1n) is 0. The first kappa shape index (κ1) is 61.1. The maximum absolute atomic E-state index is 0. The Morgan fingerprint density at radius 3 is 0.500 bits per heavy atom. The summed E-state index contributed by atoms with van der Waals surface area (Å²) in [5.41, 5.74) is 0. The predicted octanol–water partition coefficient (Wildman–Crippen LogP) is -4.08. The third-order valence-electron chi connectivity index (χ3n) is 0. The van der Waals surface area contributed by atoms with Crippen molar-refractivity contribution in [2.75, 3.05) is 0 Å². The van der Waals surface area contributed by atoms with Crippen molar-refractivity contribution in [3.05, 3.63) is 0 Å².